The molecule has 220 valence electrons. The Bertz CT molecular complexity index is 1630. The lowest BCUT2D eigenvalue weighted by molar-refractivity contribution is -0.143. The molecule has 5 N–H and O–H groups in total. The van der Waals surface area contributed by atoms with Gasteiger partial charge in [0.1, 0.15) is 26.7 Å². The maximum atomic E-state index is 13.4. The predicted molar refractivity (Wildman–Crippen MR) is 150 cm³/mol. The van der Waals surface area contributed by atoms with E-state index in [0.29, 0.717) is 22.3 Å². The van der Waals surface area contributed by atoms with Crippen molar-refractivity contribution in [1.82, 2.24) is 10.5 Å². The largest absolute Gasteiger partial charge is 0.481 e. The number of anilines is 2. The maximum Gasteiger partial charge on any atom is 0.326 e. The monoisotopic (exact) mass is 626 g/mol. The van der Waals surface area contributed by atoms with Gasteiger partial charge < -0.3 is 25.4 Å². The maximum absolute atomic E-state index is 13.4. The number of rotatable bonds is 12. The van der Waals surface area contributed by atoms with E-state index < -0.39 is 46.2 Å². The number of aryl methyl sites for hydroxylation is 3. The minimum atomic E-state index is -4.23. The van der Waals surface area contributed by atoms with Crippen LogP contribution in [0.4, 0.5) is 10.9 Å². The van der Waals surface area contributed by atoms with Crippen LogP contribution >= 0.6 is 22.9 Å². The van der Waals surface area contributed by atoms with E-state index in [2.05, 4.69) is 20.5 Å². The van der Waals surface area contributed by atoms with Crippen LogP contribution in [0.2, 0.25) is 5.02 Å². The van der Waals surface area contributed by atoms with Crippen LogP contribution in [-0.4, -0.2) is 53.6 Å². The van der Waals surface area contributed by atoms with Gasteiger partial charge in [0.25, 0.3) is 21.8 Å². The van der Waals surface area contributed by atoms with Gasteiger partial charge in [-0.05, 0) is 67.8 Å². The number of aliphatic carboxylic acids is 2. The molecule has 0 bridgehead atoms. The van der Waals surface area contributed by atoms with Crippen molar-refractivity contribution >= 4 is 67.6 Å². The van der Waals surface area contributed by atoms with Gasteiger partial charge in [-0.15, -0.1) is 11.3 Å². The van der Waals surface area contributed by atoms with Gasteiger partial charge in [0.05, 0.1) is 6.42 Å². The molecule has 3 rings (SSSR count). The Morgan fingerprint density at radius 2 is 1.80 bits per heavy atom. The summed E-state index contributed by atoms with van der Waals surface area (Å²) in [5, 5.41) is 28.2. The van der Waals surface area contributed by atoms with Crippen LogP contribution < -0.4 is 15.4 Å². The van der Waals surface area contributed by atoms with Crippen LogP contribution in [0.3, 0.4) is 0 Å². The topological polar surface area (TPSA) is 205 Å². The first-order valence-corrected chi connectivity index (χ1v) is 14.7. The molecule has 16 heteroatoms. The van der Waals surface area contributed by atoms with E-state index in [-0.39, 0.29) is 44.9 Å². The molecule has 1 unspecified atom stereocenters. The molecule has 0 aliphatic carbocycles. The number of aromatic nitrogens is 1. The number of carboxylic acids is 2. The third kappa shape index (κ3) is 7.42. The van der Waals surface area contributed by atoms with Crippen molar-refractivity contribution in [2.24, 2.45) is 0 Å². The first kappa shape index (κ1) is 31.6. The summed E-state index contributed by atoms with van der Waals surface area (Å²) < 4.78 is 33.2. The number of benzene rings is 1. The van der Waals surface area contributed by atoms with E-state index in [9.17, 15) is 32.7 Å². The lowest BCUT2D eigenvalue weighted by Gasteiger charge is -2.18. The highest BCUT2D eigenvalue weighted by Gasteiger charge is 2.27. The van der Waals surface area contributed by atoms with Gasteiger partial charge in [-0.25, -0.2) is 17.9 Å². The van der Waals surface area contributed by atoms with Crippen molar-refractivity contribution in [3.8, 4) is 0 Å². The summed E-state index contributed by atoms with van der Waals surface area (Å²) in [6.45, 7) is 6.58. The summed E-state index contributed by atoms with van der Waals surface area (Å²) in [5.41, 5.74) is 2.64. The summed E-state index contributed by atoms with van der Waals surface area (Å²) in [6.07, 6.45) is -1.00. The zero-order chi connectivity index (χ0) is 30.6. The number of nitrogens with one attached hydrogen (secondary N) is 3. The van der Waals surface area contributed by atoms with E-state index in [1.165, 1.54) is 18.4 Å². The zero-order valence-corrected chi connectivity index (χ0v) is 24.7. The quantitative estimate of drug-likeness (QED) is 0.197. The average Bonchev–Trinajstić information content (AvgIpc) is 3.46. The Balaban J connectivity index is 1.84. The normalized spacial score (nSPS) is 12.0. The van der Waals surface area contributed by atoms with Crippen molar-refractivity contribution in [1.29, 1.82) is 0 Å². The minimum Gasteiger partial charge on any atom is -0.481 e. The molecule has 13 nitrogen and oxygen atoms in total. The second-order valence-electron chi connectivity index (χ2n) is 9.14. The average molecular weight is 627 g/mol. The number of carboxylic acid groups (broad SMARTS) is 2. The summed E-state index contributed by atoms with van der Waals surface area (Å²) in [6, 6.07) is 1.59. The second kappa shape index (κ2) is 12.7. The second-order valence-corrected chi connectivity index (χ2v) is 12.1. The number of carbonyl (C=O) groups excluding carboxylic acids is 2. The molecule has 41 heavy (non-hydrogen) atoms. The van der Waals surface area contributed by atoms with Crippen molar-refractivity contribution < 1.29 is 42.3 Å². The van der Waals surface area contributed by atoms with E-state index in [4.69, 9.17) is 21.2 Å². The third-order valence-electron chi connectivity index (χ3n) is 6.14. The Morgan fingerprint density at radius 1 is 1.12 bits per heavy atom. The van der Waals surface area contributed by atoms with Crippen LogP contribution in [-0.2, 0) is 30.8 Å². The first-order valence-electron chi connectivity index (χ1n) is 12.0. The molecule has 0 saturated heterocycles. The molecule has 3 aromatic rings. The van der Waals surface area contributed by atoms with Gasteiger partial charge in [-0.2, -0.15) is 0 Å². The lowest BCUT2D eigenvalue weighted by atomic mass is 9.91. The molecule has 0 aliphatic heterocycles. The number of thiophene rings is 1. The fraction of sp³-hybridized carbons (Fsp3) is 0.320. The molecule has 2 aromatic heterocycles. The molecule has 1 atom stereocenters. The highest BCUT2D eigenvalue weighted by atomic mass is 35.5. The van der Waals surface area contributed by atoms with Crippen molar-refractivity contribution in [3.63, 3.8) is 0 Å². The molecule has 1 aromatic carbocycles. The van der Waals surface area contributed by atoms with E-state index in [1.807, 2.05) is 0 Å². The molecular formula is C25H27ClN4O9S2. The third-order valence-corrected chi connectivity index (χ3v) is 8.92. The van der Waals surface area contributed by atoms with Crippen LogP contribution in [0.1, 0.15) is 51.1 Å². The highest BCUT2D eigenvalue weighted by Crippen LogP contribution is 2.33. The van der Waals surface area contributed by atoms with Crippen molar-refractivity contribution in [2.45, 2.75) is 57.9 Å². The van der Waals surface area contributed by atoms with Crippen molar-refractivity contribution in [2.75, 3.05) is 10.0 Å². The Kier molecular flexibility index (Phi) is 9.78. The van der Waals surface area contributed by atoms with Gasteiger partial charge in [0.15, 0.2) is 0 Å². The van der Waals surface area contributed by atoms with Crippen LogP contribution in [0, 0.1) is 27.7 Å². The van der Waals surface area contributed by atoms with Gasteiger partial charge in [-0.3, -0.25) is 14.4 Å². The number of amides is 2. The number of hydrogen-bond acceptors (Lipinski definition) is 9. The first-order chi connectivity index (χ1) is 19.1. The van der Waals surface area contributed by atoms with E-state index in [1.54, 1.807) is 26.8 Å². The SMILES string of the molecule is Cc1cc(C)c(C(=O)Nc2sccc2S(=O)(=O)Nc2onc(C)c2Cl)c(C)c1CC(=O)NC(CCC(=O)O)C(=O)O. The fourth-order valence-corrected chi connectivity index (χ4v) is 6.59. The standard InChI is InChI=1S/C25H27ClN4O9S2/c1-11-9-12(2)20(13(3)15(11)10-18(31)27-16(25(35)36)5-6-19(32)33)22(34)28-24-17(7-8-40-24)41(37,38)30-23-21(26)14(4)29-39-23/h7-9,16,30H,5-6,10H2,1-4H3,(H,27,31)(H,28,34)(H,32,33)(H,35,36). The molecule has 0 saturated carbocycles. The summed E-state index contributed by atoms with van der Waals surface area (Å²) >= 11 is 6.99. The van der Waals surface area contributed by atoms with Gasteiger partial charge in [0, 0.05) is 12.0 Å². The summed E-state index contributed by atoms with van der Waals surface area (Å²) in [4.78, 5) is 48.2. The summed E-state index contributed by atoms with van der Waals surface area (Å²) in [7, 11) is -4.23. The number of hydrogen-bond donors (Lipinski definition) is 5. The molecular weight excluding hydrogens is 600 g/mol. The molecule has 0 radical (unpaired) electrons. The van der Waals surface area contributed by atoms with E-state index >= 15 is 0 Å². The molecule has 0 fully saturated rings. The zero-order valence-electron chi connectivity index (χ0n) is 22.3. The van der Waals surface area contributed by atoms with Crippen LogP contribution in [0.5, 0.6) is 0 Å². The predicted octanol–water partition coefficient (Wildman–Crippen LogP) is 3.65. The fourth-order valence-electron chi connectivity index (χ4n) is 4.14. The molecule has 0 spiro atoms. The van der Waals surface area contributed by atoms with Gasteiger partial charge in [-0.1, -0.05) is 22.8 Å². The summed E-state index contributed by atoms with van der Waals surface area (Å²) in [5.74, 6) is -4.12. The van der Waals surface area contributed by atoms with Crippen LogP contribution in [0.15, 0.2) is 26.9 Å². The Hall–Kier alpha value is -3.95. The number of nitrogens with zero attached hydrogens (tertiary/aromatic N) is 1. The smallest absolute Gasteiger partial charge is 0.326 e. The van der Waals surface area contributed by atoms with Gasteiger partial charge >= 0.3 is 11.9 Å². The Morgan fingerprint density at radius 3 is 2.39 bits per heavy atom. The highest BCUT2D eigenvalue weighted by molar-refractivity contribution is 7.93. The van der Waals surface area contributed by atoms with Gasteiger partial charge in [0.2, 0.25) is 5.91 Å². The van der Waals surface area contributed by atoms with E-state index in [0.717, 1.165) is 11.3 Å². The number of halogens is 1. The number of sulfonamides is 1. The Labute approximate surface area is 243 Å². The molecule has 2 heterocycles. The lowest BCUT2D eigenvalue weighted by Crippen LogP contribution is -2.42. The molecule has 2 amide bonds. The van der Waals surface area contributed by atoms with Crippen LogP contribution in [0.25, 0.3) is 0 Å². The molecule has 0 aliphatic rings. The number of carbonyl (C=O) groups is 4. The van der Waals surface area contributed by atoms with Crippen molar-refractivity contribution in [3.05, 3.63) is 56.0 Å². The minimum absolute atomic E-state index is 0.00609.